The molecule has 0 aliphatic rings. The van der Waals surface area contributed by atoms with Crippen molar-refractivity contribution >= 4 is 17.7 Å². The second-order valence-corrected chi connectivity index (χ2v) is 3.61. The van der Waals surface area contributed by atoms with Crippen molar-refractivity contribution < 1.29 is 24.2 Å². The number of rotatable bonds is 8. The Morgan fingerprint density at radius 1 is 1.35 bits per heavy atom. The molecule has 0 rings (SSSR count). The number of carbonyl (C=O) groups excluding carboxylic acids is 3. The van der Waals surface area contributed by atoms with E-state index < -0.39 is 24.5 Å². The number of aliphatic hydroxyl groups is 1. The Bertz CT molecular complexity index is 277. The number of hydrogen-bond acceptors (Lipinski definition) is 5. The van der Waals surface area contributed by atoms with E-state index in [4.69, 9.17) is 5.11 Å². The molecule has 0 bridgehead atoms. The van der Waals surface area contributed by atoms with E-state index in [2.05, 4.69) is 10.1 Å². The number of methoxy groups -OCH3 is 1. The van der Waals surface area contributed by atoms with Crippen LogP contribution in [0.25, 0.3) is 0 Å². The Labute approximate surface area is 100 Å². The lowest BCUT2D eigenvalue weighted by molar-refractivity contribution is -0.141. The van der Waals surface area contributed by atoms with Gasteiger partial charge in [0.15, 0.2) is 0 Å². The standard InChI is InChI=1S/C11H19NO5/c1-3-9(14)6-8(11(16)12-7-13)4-5-10(15)17-2/h8,13H,3-7H2,1-2H3,(H,12,16)/t8-/m1/s1. The molecule has 0 aromatic carbocycles. The summed E-state index contributed by atoms with van der Waals surface area (Å²) in [5, 5.41) is 10.8. The Kier molecular flexibility index (Phi) is 7.96. The average Bonchev–Trinajstić information content (AvgIpc) is 2.33. The fraction of sp³-hybridized carbons (Fsp3) is 0.727. The van der Waals surface area contributed by atoms with Crippen LogP contribution in [0.4, 0.5) is 0 Å². The van der Waals surface area contributed by atoms with Gasteiger partial charge in [0.25, 0.3) is 0 Å². The van der Waals surface area contributed by atoms with Gasteiger partial charge in [-0.15, -0.1) is 0 Å². The number of esters is 1. The second kappa shape index (κ2) is 8.69. The molecule has 0 aromatic heterocycles. The maximum atomic E-state index is 11.5. The normalized spacial score (nSPS) is 11.7. The van der Waals surface area contributed by atoms with Crippen molar-refractivity contribution in [3.63, 3.8) is 0 Å². The van der Waals surface area contributed by atoms with E-state index in [1.807, 2.05) is 0 Å². The summed E-state index contributed by atoms with van der Waals surface area (Å²) in [4.78, 5) is 33.8. The fourth-order valence-electron chi connectivity index (χ4n) is 1.36. The molecule has 1 atom stereocenters. The molecule has 6 heteroatoms. The first-order valence-electron chi connectivity index (χ1n) is 5.52. The molecule has 1 amide bonds. The zero-order valence-corrected chi connectivity index (χ0v) is 10.2. The number of Topliss-reactive ketones (excluding diaryl/α,β-unsaturated/α-hetero) is 1. The van der Waals surface area contributed by atoms with Crippen LogP contribution in [0, 0.1) is 5.92 Å². The van der Waals surface area contributed by atoms with Gasteiger partial charge in [0.1, 0.15) is 12.5 Å². The third-order valence-corrected chi connectivity index (χ3v) is 2.42. The van der Waals surface area contributed by atoms with Crippen molar-refractivity contribution in [3.8, 4) is 0 Å². The lowest BCUT2D eigenvalue weighted by Crippen LogP contribution is -2.33. The minimum absolute atomic E-state index is 0.0482. The third-order valence-electron chi connectivity index (χ3n) is 2.42. The summed E-state index contributed by atoms with van der Waals surface area (Å²) in [7, 11) is 1.27. The van der Waals surface area contributed by atoms with Crippen LogP contribution >= 0.6 is 0 Å². The highest BCUT2D eigenvalue weighted by Gasteiger charge is 2.21. The molecule has 17 heavy (non-hydrogen) atoms. The van der Waals surface area contributed by atoms with Crippen LogP contribution in [0.15, 0.2) is 0 Å². The first kappa shape index (κ1) is 15.6. The van der Waals surface area contributed by atoms with Crippen LogP contribution < -0.4 is 5.32 Å². The van der Waals surface area contributed by atoms with Crippen molar-refractivity contribution in [2.75, 3.05) is 13.8 Å². The highest BCUT2D eigenvalue weighted by Crippen LogP contribution is 2.13. The van der Waals surface area contributed by atoms with E-state index in [9.17, 15) is 14.4 Å². The highest BCUT2D eigenvalue weighted by atomic mass is 16.5. The molecule has 0 radical (unpaired) electrons. The summed E-state index contributed by atoms with van der Waals surface area (Å²) in [6.45, 7) is 1.23. The van der Waals surface area contributed by atoms with Crippen LogP contribution in [-0.4, -0.2) is 36.6 Å². The van der Waals surface area contributed by atoms with E-state index in [1.165, 1.54) is 7.11 Å². The SMILES string of the molecule is CCC(=O)C[C@@H](CCC(=O)OC)C(=O)NCO. The monoisotopic (exact) mass is 245 g/mol. The van der Waals surface area contributed by atoms with Crippen LogP contribution in [0.3, 0.4) is 0 Å². The van der Waals surface area contributed by atoms with Gasteiger partial charge >= 0.3 is 5.97 Å². The first-order chi connectivity index (χ1) is 8.04. The molecular formula is C11H19NO5. The molecule has 6 nitrogen and oxygen atoms in total. The van der Waals surface area contributed by atoms with E-state index >= 15 is 0 Å². The van der Waals surface area contributed by atoms with E-state index in [0.29, 0.717) is 6.42 Å². The van der Waals surface area contributed by atoms with Gasteiger partial charge in [-0.3, -0.25) is 14.4 Å². The third kappa shape index (κ3) is 6.68. The van der Waals surface area contributed by atoms with Crippen LogP contribution in [0.5, 0.6) is 0 Å². The van der Waals surface area contributed by atoms with Gasteiger partial charge in [-0.25, -0.2) is 0 Å². The largest absolute Gasteiger partial charge is 0.469 e. The number of carbonyl (C=O) groups is 3. The molecule has 0 saturated carbocycles. The first-order valence-corrected chi connectivity index (χ1v) is 5.52. The summed E-state index contributed by atoms with van der Waals surface area (Å²) in [5.74, 6) is -1.48. The van der Waals surface area contributed by atoms with Gasteiger partial charge in [-0.1, -0.05) is 6.92 Å². The van der Waals surface area contributed by atoms with Crippen molar-refractivity contribution in [2.24, 2.45) is 5.92 Å². The molecule has 0 unspecified atom stereocenters. The molecule has 0 aromatic rings. The summed E-state index contributed by atoms with van der Waals surface area (Å²) >= 11 is 0. The number of nitrogens with one attached hydrogen (secondary N) is 1. The van der Waals surface area contributed by atoms with Gasteiger partial charge < -0.3 is 15.2 Å². The van der Waals surface area contributed by atoms with Crippen molar-refractivity contribution in [2.45, 2.75) is 32.6 Å². The Balaban J connectivity index is 4.34. The summed E-state index contributed by atoms with van der Waals surface area (Å²) in [5.41, 5.74) is 0. The molecule has 0 saturated heterocycles. The minimum Gasteiger partial charge on any atom is -0.469 e. The number of hydrogen-bond donors (Lipinski definition) is 2. The van der Waals surface area contributed by atoms with E-state index in [0.717, 1.165) is 0 Å². The maximum Gasteiger partial charge on any atom is 0.305 e. The highest BCUT2D eigenvalue weighted by molar-refractivity contribution is 5.86. The minimum atomic E-state index is -0.589. The molecule has 2 N–H and O–H groups in total. The molecular weight excluding hydrogens is 226 g/mol. The number of aliphatic hydroxyl groups excluding tert-OH is 1. The summed E-state index contributed by atoms with van der Waals surface area (Å²) < 4.78 is 4.47. The number of amides is 1. The van der Waals surface area contributed by atoms with Gasteiger partial charge in [0.2, 0.25) is 5.91 Å². The molecule has 0 aliphatic heterocycles. The number of ether oxygens (including phenoxy) is 1. The van der Waals surface area contributed by atoms with Crippen molar-refractivity contribution in [1.29, 1.82) is 0 Å². The molecule has 0 heterocycles. The molecule has 98 valence electrons. The van der Waals surface area contributed by atoms with Crippen molar-refractivity contribution in [3.05, 3.63) is 0 Å². The Morgan fingerprint density at radius 2 is 2.00 bits per heavy atom. The zero-order valence-electron chi connectivity index (χ0n) is 10.2. The van der Waals surface area contributed by atoms with Crippen LogP contribution in [0.1, 0.15) is 32.6 Å². The smallest absolute Gasteiger partial charge is 0.305 e. The lowest BCUT2D eigenvalue weighted by Gasteiger charge is -2.14. The van der Waals surface area contributed by atoms with Gasteiger partial charge in [-0.2, -0.15) is 0 Å². The van der Waals surface area contributed by atoms with E-state index in [-0.39, 0.29) is 25.0 Å². The zero-order chi connectivity index (χ0) is 13.3. The lowest BCUT2D eigenvalue weighted by atomic mass is 9.95. The van der Waals surface area contributed by atoms with Gasteiger partial charge in [-0.05, 0) is 6.42 Å². The maximum absolute atomic E-state index is 11.5. The fourth-order valence-corrected chi connectivity index (χ4v) is 1.36. The Hall–Kier alpha value is -1.43. The second-order valence-electron chi connectivity index (χ2n) is 3.61. The molecule has 0 aliphatic carbocycles. The number of ketones is 1. The van der Waals surface area contributed by atoms with Crippen molar-refractivity contribution in [1.82, 2.24) is 5.32 Å². The van der Waals surface area contributed by atoms with Gasteiger partial charge in [0, 0.05) is 25.2 Å². The molecule has 0 fully saturated rings. The van der Waals surface area contributed by atoms with Gasteiger partial charge in [0.05, 0.1) is 7.11 Å². The topological polar surface area (TPSA) is 92.7 Å². The van der Waals surface area contributed by atoms with E-state index in [1.54, 1.807) is 6.92 Å². The van der Waals surface area contributed by atoms with Crippen LogP contribution in [-0.2, 0) is 19.1 Å². The quantitative estimate of drug-likeness (QED) is 0.463. The summed E-state index contributed by atoms with van der Waals surface area (Å²) in [6.07, 6.45) is 0.752. The molecule has 0 spiro atoms. The predicted molar refractivity (Wildman–Crippen MR) is 59.9 cm³/mol. The average molecular weight is 245 g/mol. The van der Waals surface area contributed by atoms with Crippen LogP contribution in [0.2, 0.25) is 0 Å². The predicted octanol–water partition coefficient (Wildman–Crippen LogP) is -0.00900. The summed E-state index contributed by atoms with van der Waals surface area (Å²) in [6, 6.07) is 0. The Morgan fingerprint density at radius 3 is 2.47 bits per heavy atom.